The van der Waals surface area contributed by atoms with Crippen LogP contribution in [0.15, 0.2) is 0 Å². The third kappa shape index (κ3) is 4.00. The standard InChI is InChI=1S/C18H33N3O2/c1-12(13-7-6-8-20(5)9-13)19-16-14-10-21(11-15(14)16)17(22)23-18(2,3)4/h12-16,19H,6-11H2,1-5H3. The van der Waals surface area contributed by atoms with Crippen LogP contribution in [0.1, 0.15) is 40.5 Å². The molecule has 5 heteroatoms. The molecule has 3 fully saturated rings. The van der Waals surface area contributed by atoms with Crippen molar-refractivity contribution in [3.63, 3.8) is 0 Å². The molecular weight excluding hydrogens is 290 g/mol. The van der Waals surface area contributed by atoms with Gasteiger partial charge in [0.15, 0.2) is 0 Å². The third-order valence-corrected chi connectivity index (χ3v) is 5.67. The molecule has 0 radical (unpaired) electrons. The van der Waals surface area contributed by atoms with Crippen molar-refractivity contribution in [2.45, 2.75) is 58.2 Å². The van der Waals surface area contributed by atoms with E-state index in [9.17, 15) is 4.79 Å². The summed E-state index contributed by atoms with van der Waals surface area (Å²) in [4.78, 5) is 16.5. The van der Waals surface area contributed by atoms with Crippen molar-refractivity contribution in [3.8, 4) is 0 Å². The first-order valence-corrected chi connectivity index (χ1v) is 9.17. The maximum atomic E-state index is 12.1. The van der Waals surface area contributed by atoms with Gasteiger partial charge in [-0.3, -0.25) is 0 Å². The Labute approximate surface area is 140 Å². The second-order valence-electron chi connectivity index (χ2n) is 8.86. The van der Waals surface area contributed by atoms with Gasteiger partial charge in [0.25, 0.3) is 0 Å². The molecule has 0 aromatic carbocycles. The predicted octanol–water partition coefficient (Wildman–Crippen LogP) is 2.17. The number of hydrogen-bond acceptors (Lipinski definition) is 4. The van der Waals surface area contributed by atoms with Crippen LogP contribution in [-0.2, 0) is 4.74 Å². The quantitative estimate of drug-likeness (QED) is 0.864. The van der Waals surface area contributed by atoms with E-state index in [1.165, 1.54) is 25.9 Å². The van der Waals surface area contributed by atoms with Crippen LogP contribution in [0.5, 0.6) is 0 Å². The Morgan fingerprint density at radius 1 is 1.22 bits per heavy atom. The maximum Gasteiger partial charge on any atom is 0.410 e. The lowest BCUT2D eigenvalue weighted by Gasteiger charge is -2.34. The van der Waals surface area contributed by atoms with Crippen molar-refractivity contribution < 1.29 is 9.53 Å². The van der Waals surface area contributed by atoms with Gasteiger partial charge in [-0.1, -0.05) is 0 Å². The van der Waals surface area contributed by atoms with Crippen molar-refractivity contribution in [1.82, 2.24) is 15.1 Å². The monoisotopic (exact) mass is 323 g/mol. The van der Waals surface area contributed by atoms with Gasteiger partial charge in [-0.05, 0) is 71.9 Å². The highest BCUT2D eigenvalue weighted by molar-refractivity contribution is 5.69. The summed E-state index contributed by atoms with van der Waals surface area (Å²) in [5.41, 5.74) is -0.400. The zero-order valence-electron chi connectivity index (χ0n) is 15.3. The van der Waals surface area contributed by atoms with Gasteiger partial charge in [0.1, 0.15) is 5.60 Å². The first kappa shape index (κ1) is 17.0. The highest BCUT2D eigenvalue weighted by Gasteiger charge is 2.57. The first-order chi connectivity index (χ1) is 10.7. The summed E-state index contributed by atoms with van der Waals surface area (Å²) in [6.07, 6.45) is 2.51. The zero-order chi connectivity index (χ0) is 16.8. The van der Waals surface area contributed by atoms with E-state index in [2.05, 4.69) is 24.2 Å². The van der Waals surface area contributed by atoms with Gasteiger partial charge in [0.2, 0.25) is 0 Å². The average Bonchev–Trinajstić information content (AvgIpc) is 2.90. The van der Waals surface area contributed by atoms with E-state index in [1.54, 1.807) is 0 Å². The van der Waals surface area contributed by atoms with E-state index in [-0.39, 0.29) is 6.09 Å². The Hall–Kier alpha value is -0.810. The topological polar surface area (TPSA) is 44.8 Å². The van der Waals surface area contributed by atoms with Crippen molar-refractivity contribution in [1.29, 1.82) is 0 Å². The van der Waals surface area contributed by atoms with E-state index in [0.717, 1.165) is 19.0 Å². The van der Waals surface area contributed by atoms with Crippen LogP contribution in [0.2, 0.25) is 0 Å². The lowest BCUT2D eigenvalue weighted by Crippen LogP contribution is -2.46. The van der Waals surface area contributed by atoms with Crippen molar-refractivity contribution >= 4 is 6.09 Å². The summed E-state index contributed by atoms with van der Waals surface area (Å²) in [5, 5.41) is 3.85. The van der Waals surface area contributed by atoms with Crippen LogP contribution in [0.25, 0.3) is 0 Å². The molecule has 2 aliphatic heterocycles. The predicted molar refractivity (Wildman–Crippen MR) is 91.4 cm³/mol. The number of carbonyl (C=O) groups excluding carboxylic acids is 1. The molecule has 1 amide bonds. The molecule has 132 valence electrons. The van der Waals surface area contributed by atoms with Crippen LogP contribution < -0.4 is 5.32 Å². The number of hydrogen-bond donors (Lipinski definition) is 1. The summed E-state index contributed by atoms with van der Waals surface area (Å²) < 4.78 is 5.47. The van der Waals surface area contributed by atoms with Gasteiger partial charge in [-0.2, -0.15) is 0 Å². The number of amides is 1. The van der Waals surface area contributed by atoms with E-state index in [0.29, 0.717) is 23.9 Å². The summed E-state index contributed by atoms with van der Waals surface area (Å²) in [6.45, 7) is 12.3. The highest BCUT2D eigenvalue weighted by atomic mass is 16.6. The summed E-state index contributed by atoms with van der Waals surface area (Å²) >= 11 is 0. The molecule has 0 aromatic heterocycles. The molecule has 5 nitrogen and oxygen atoms in total. The van der Waals surface area contributed by atoms with Crippen molar-refractivity contribution in [3.05, 3.63) is 0 Å². The van der Waals surface area contributed by atoms with Gasteiger partial charge >= 0.3 is 6.09 Å². The second kappa shape index (κ2) is 6.25. The number of piperidine rings is 2. The maximum absolute atomic E-state index is 12.1. The SMILES string of the molecule is CC(NC1C2CN(C(=O)OC(C)(C)C)CC21)C1CCCN(C)C1. The minimum absolute atomic E-state index is 0.148. The van der Waals surface area contributed by atoms with E-state index >= 15 is 0 Å². The Bertz CT molecular complexity index is 436. The molecule has 2 saturated heterocycles. The van der Waals surface area contributed by atoms with Crippen LogP contribution in [0, 0.1) is 17.8 Å². The Balaban J connectivity index is 1.42. The summed E-state index contributed by atoms with van der Waals surface area (Å²) in [6, 6.07) is 1.18. The van der Waals surface area contributed by atoms with Crippen LogP contribution in [0.3, 0.4) is 0 Å². The molecule has 0 bridgehead atoms. The minimum Gasteiger partial charge on any atom is -0.444 e. The zero-order valence-corrected chi connectivity index (χ0v) is 15.3. The lowest BCUT2D eigenvalue weighted by molar-refractivity contribution is 0.0267. The number of likely N-dealkylation sites (tertiary alicyclic amines) is 2. The molecule has 2 heterocycles. The molecule has 1 aliphatic carbocycles. The smallest absolute Gasteiger partial charge is 0.410 e. The second-order valence-corrected chi connectivity index (χ2v) is 8.86. The molecular formula is C18H33N3O2. The number of carbonyl (C=O) groups is 1. The molecule has 1 saturated carbocycles. The van der Waals surface area contributed by atoms with E-state index in [1.807, 2.05) is 25.7 Å². The molecule has 23 heavy (non-hydrogen) atoms. The third-order valence-electron chi connectivity index (χ3n) is 5.67. The summed E-state index contributed by atoms with van der Waals surface area (Å²) in [7, 11) is 2.23. The van der Waals surface area contributed by atoms with Gasteiger partial charge in [0.05, 0.1) is 0 Å². The van der Waals surface area contributed by atoms with E-state index < -0.39 is 5.60 Å². The highest BCUT2D eigenvalue weighted by Crippen LogP contribution is 2.46. The molecule has 1 N–H and O–H groups in total. The van der Waals surface area contributed by atoms with Crippen LogP contribution in [0.4, 0.5) is 4.79 Å². The number of fused-ring (bicyclic) bond motifs is 1. The molecule has 4 atom stereocenters. The van der Waals surface area contributed by atoms with Crippen LogP contribution >= 0.6 is 0 Å². The first-order valence-electron chi connectivity index (χ1n) is 9.17. The van der Waals surface area contributed by atoms with Gasteiger partial charge in [0, 0.05) is 31.7 Å². The molecule has 0 spiro atoms. The molecule has 3 rings (SSSR count). The Morgan fingerprint density at radius 2 is 1.87 bits per heavy atom. The van der Waals surface area contributed by atoms with Gasteiger partial charge in [-0.25, -0.2) is 4.79 Å². The lowest BCUT2D eigenvalue weighted by atomic mass is 9.92. The number of ether oxygens (including phenoxy) is 1. The van der Waals surface area contributed by atoms with Crippen LogP contribution in [-0.4, -0.2) is 66.8 Å². The van der Waals surface area contributed by atoms with E-state index in [4.69, 9.17) is 4.74 Å². The molecule has 3 aliphatic rings. The largest absolute Gasteiger partial charge is 0.444 e. The average molecular weight is 323 g/mol. The fourth-order valence-corrected chi connectivity index (χ4v) is 4.30. The fraction of sp³-hybridized carbons (Fsp3) is 0.944. The Morgan fingerprint density at radius 3 is 2.43 bits per heavy atom. The van der Waals surface area contributed by atoms with Crippen molar-refractivity contribution in [2.75, 3.05) is 33.2 Å². The normalized spacial score (nSPS) is 35.8. The molecule has 4 unspecified atom stereocenters. The number of nitrogens with zero attached hydrogens (tertiary/aromatic N) is 2. The summed E-state index contributed by atoms with van der Waals surface area (Å²) in [5.74, 6) is 2.02. The number of rotatable bonds is 3. The fourth-order valence-electron chi connectivity index (χ4n) is 4.30. The molecule has 0 aromatic rings. The Kier molecular flexibility index (Phi) is 4.62. The number of nitrogens with one attached hydrogen (secondary N) is 1. The van der Waals surface area contributed by atoms with Crippen molar-refractivity contribution in [2.24, 2.45) is 17.8 Å². The van der Waals surface area contributed by atoms with Gasteiger partial charge in [-0.15, -0.1) is 0 Å². The minimum atomic E-state index is -0.400. The van der Waals surface area contributed by atoms with Gasteiger partial charge < -0.3 is 19.9 Å².